The molecule has 0 radical (unpaired) electrons. The zero-order valence-electron chi connectivity index (χ0n) is 14.6. The SMILES string of the molecule is Cc1ccc(-c2[nH]ncc2CNCc2ccnc(-n3cccn3)c2)cc1. The van der Waals surface area contributed by atoms with Gasteiger partial charge in [-0.15, -0.1) is 0 Å². The molecule has 0 aliphatic carbocycles. The second-order valence-corrected chi connectivity index (χ2v) is 6.21. The first kappa shape index (κ1) is 16.2. The average molecular weight is 344 g/mol. The molecule has 4 aromatic rings. The Morgan fingerprint density at radius 3 is 2.77 bits per heavy atom. The van der Waals surface area contributed by atoms with Crippen molar-refractivity contribution in [3.8, 4) is 17.1 Å². The number of benzene rings is 1. The Labute approximate surface area is 151 Å². The van der Waals surface area contributed by atoms with E-state index in [1.54, 1.807) is 10.9 Å². The third-order valence-electron chi connectivity index (χ3n) is 4.25. The van der Waals surface area contributed by atoms with Crippen LogP contribution in [0.4, 0.5) is 0 Å². The van der Waals surface area contributed by atoms with Crippen LogP contribution in [0.2, 0.25) is 0 Å². The van der Waals surface area contributed by atoms with Crippen LogP contribution in [0.5, 0.6) is 0 Å². The third-order valence-corrected chi connectivity index (χ3v) is 4.25. The van der Waals surface area contributed by atoms with Gasteiger partial charge in [-0.1, -0.05) is 29.8 Å². The number of hydrogen-bond acceptors (Lipinski definition) is 4. The molecule has 0 atom stereocenters. The number of aryl methyl sites for hydroxylation is 1. The van der Waals surface area contributed by atoms with Gasteiger partial charge in [-0.3, -0.25) is 5.10 Å². The van der Waals surface area contributed by atoms with Crippen LogP contribution in [0.1, 0.15) is 16.7 Å². The maximum Gasteiger partial charge on any atom is 0.153 e. The quantitative estimate of drug-likeness (QED) is 0.563. The second-order valence-electron chi connectivity index (χ2n) is 6.21. The van der Waals surface area contributed by atoms with Gasteiger partial charge in [0.25, 0.3) is 0 Å². The Hall–Kier alpha value is -3.25. The summed E-state index contributed by atoms with van der Waals surface area (Å²) in [6.45, 7) is 3.57. The van der Waals surface area contributed by atoms with Gasteiger partial charge in [0.05, 0.1) is 11.9 Å². The number of hydrogen-bond donors (Lipinski definition) is 2. The molecule has 6 nitrogen and oxygen atoms in total. The van der Waals surface area contributed by atoms with Crippen LogP contribution in [0, 0.1) is 6.92 Å². The number of nitrogens with one attached hydrogen (secondary N) is 2. The lowest BCUT2D eigenvalue weighted by atomic mass is 10.1. The predicted molar refractivity (Wildman–Crippen MR) is 101 cm³/mol. The van der Waals surface area contributed by atoms with E-state index < -0.39 is 0 Å². The molecule has 2 N–H and O–H groups in total. The molecule has 0 spiro atoms. The van der Waals surface area contributed by atoms with Gasteiger partial charge in [0, 0.05) is 37.2 Å². The molecule has 0 aliphatic rings. The van der Waals surface area contributed by atoms with Crippen LogP contribution in [0.3, 0.4) is 0 Å². The summed E-state index contributed by atoms with van der Waals surface area (Å²) in [5.41, 5.74) is 5.76. The van der Waals surface area contributed by atoms with Crippen LogP contribution in [-0.2, 0) is 13.1 Å². The molecule has 0 aliphatic heterocycles. The van der Waals surface area contributed by atoms with Crippen molar-refractivity contribution in [2.24, 2.45) is 0 Å². The minimum Gasteiger partial charge on any atom is -0.308 e. The highest BCUT2D eigenvalue weighted by Crippen LogP contribution is 2.21. The summed E-state index contributed by atoms with van der Waals surface area (Å²) in [6.07, 6.45) is 7.32. The van der Waals surface area contributed by atoms with E-state index in [4.69, 9.17) is 0 Å². The van der Waals surface area contributed by atoms with E-state index in [1.165, 1.54) is 5.56 Å². The molecule has 1 aromatic carbocycles. The Morgan fingerprint density at radius 1 is 1.08 bits per heavy atom. The van der Waals surface area contributed by atoms with Crippen LogP contribution in [0.25, 0.3) is 17.1 Å². The van der Waals surface area contributed by atoms with Gasteiger partial charge in [0.1, 0.15) is 0 Å². The van der Waals surface area contributed by atoms with E-state index >= 15 is 0 Å². The largest absolute Gasteiger partial charge is 0.308 e. The van der Waals surface area contributed by atoms with E-state index in [1.807, 2.05) is 36.8 Å². The molecule has 0 saturated carbocycles. The standard InChI is InChI=1S/C20H20N6/c1-15-3-5-17(6-4-15)20-18(14-23-25-20)13-21-12-16-7-9-22-19(11-16)26-10-2-8-24-26/h2-11,14,21H,12-13H2,1H3,(H,23,25). The van der Waals surface area contributed by atoms with E-state index in [9.17, 15) is 0 Å². The molecule has 0 amide bonds. The van der Waals surface area contributed by atoms with Crippen molar-refractivity contribution in [3.05, 3.63) is 83.9 Å². The number of H-pyrrole nitrogens is 1. The molecule has 0 unspecified atom stereocenters. The topological polar surface area (TPSA) is 71.4 Å². The predicted octanol–water partition coefficient (Wildman–Crippen LogP) is 3.26. The van der Waals surface area contributed by atoms with E-state index in [0.29, 0.717) is 0 Å². The molecule has 3 heterocycles. The monoisotopic (exact) mass is 344 g/mol. The zero-order valence-corrected chi connectivity index (χ0v) is 14.6. The van der Waals surface area contributed by atoms with Crippen LogP contribution < -0.4 is 5.32 Å². The molecular weight excluding hydrogens is 324 g/mol. The minimum atomic E-state index is 0.735. The Bertz CT molecular complexity index is 970. The van der Waals surface area contributed by atoms with Crippen LogP contribution in [0.15, 0.2) is 67.3 Å². The van der Waals surface area contributed by atoms with Gasteiger partial charge in [0.2, 0.25) is 0 Å². The van der Waals surface area contributed by atoms with Crippen molar-refractivity contribution < 1.29 is 0 Å². The molecule has 4 rings (SSSR count). The van der Waals surface area contributed by atoms with Gasteiger partial charge < -0.3 is 5.32 Å². The molecule has 3 aromatic heterocycles. The van der Waals surface area contributed by atoms with E-state index in [2.05, 4.69) is 56.8 Å². The van der Waals surface area contributed by atoms with Gasteiger partial charge in [0.15, 0.2) is 5.82 Å². The summed E-state index contributed by atoms with van der Waals surface area (Å²) in [6, 6.07) is 14.4. The van der Waals surface area contributed by atoms with Crippen molar-refractivity contribution in [1.29, 1.82) is 0 Å². The number of rotatable bonds is 6. The Kier molecular flexibility index (Phi) is 4.57. The molecule has 0 saturated heterocycles. The summed E-state index contributed by atoms with van der Waals surface area (Å²) >= 11 is 0. The smallest absolute Gasteiger partial charge is 0.153 e. The molecule has 6 heteroatoms. The summed E-state index contributed by atoms with van der Waals surface area (Å²) in [7, 11) is 0. The fraction of sp³-hybridized carbons (Fsp3) is 0.150. The number of nitrogens with zero attached hydrogens (tertiary/aromatic N) is 4. The third kappa shape index (κ3) is 3.55. The van der Waals surface area contributed by atoms with Gasteiger partial charge in [-0.2, -0.15) is 10.2 Å². The first-order chi connectivity index (χ1) is 12.8. The first-order valence-corrected chi connectivity index (χ1v) is 8.54. The highest BCUT2D eigenvalue weighted by atomic mass is 15.3. The normalized spacial score (nSPS) is 11.0. The second kappa shape index (κ2) is 7.33. The van der Waals surface area contributed by atoms with Crippen molar-refractivity contribution in [1.82, 2.24) is 30.3 Å². The van der Waals surface area contributed by atoms with Gasteiger partial charge >= 0.3 is 0 Å². The average Bonchev–Trinajstić information content (AvgIpc) is 3.35. The lowest BCUT2D eigenvalue weighted by Gasteiger charge is -2.08. The number of aromatic amines is 1. The molecule has 26 heavy (non-hydrogen) atoms. The first-order valence-electron chi connectivity index (χ1n) is 8.54. The molecular formula is C20H20N6. The number of pyridine rings is 1. The summed E-state index contributed by atoms with van der Waals surface area (Å²) in [5.74, 6) is 0.818. The van der Waals surface area contributed by atoms with E-state index in [0.717, 1.165) is 41.3 Å². The highest BCUT2D eigenvalue weighted by molar-refractivity contribution is 5.62. The molecule has 0 fully saturated rings. The van der Waals surface area contributed by atoms with Crippen molar-refractivity contribution in [2.45, 2.75) is 20.0 Å². The molecule has 0 bridgehead atoms. The van der Waals surface area contributed by atoms with Crippen molar-refractivity contribution in [3.63, 3.8) is 0 Å². The summed E-state index contributed by atoms with van der Waals surface area (Å²) in [4.78, 5) is 4.36. The summed E-state index contributed by atoms with van der Waals surface area (Å²) < 4.78 is 1.76. The fourth-order valence-electron chi connectivity index (χ4n) is 2.86. The van der Waals surface area contributed by atoms with Gasteiger partial charge in [-0.05, 0) is 36.2 Å². The lowest BCUT2D eigenvalue weighted by Crippen LogP contribution is -2.13. The van der Waals surface area contributed by atoms with Gasteiger partial charge in [-0.25, -0.2) is 9.67 Å². The van der Waals surface area contributed by atoms with Crippen molar-refractivity contribution in [2.75, 3.05) is 0 Å². The van der Waals surface area contributed by atoms with Crippen LogP contribution >= 0.6 is 0 Å². The molecule has 130 valence electrons. The Balaban J connectivity index is 1.42. The minimum absolute atomic E-state index is 0.735. The van der Waals surface area contributed by atoms with Crippen molar-refractivity contribution >= 4 is 0 Å². The number of aromatic nitrogens is 5. The zero-order chi connectivity index (χ0) is 17.8. The highest BCUT2D eigenvalue weighted by Gasteiger charge is 2.07. The fourth-order valence-corrected chi connectivity index (χ4v) is 2.86. The summed E-state index contributed by atoms with van der Waals surface area (Å²) in [5, 5.41) is 15.0. The van der Waals surface area contributed by atoms with E-state index in [-0.39, 0.29) is 0 Å². The maximum atomic E-state index is 4.36. The Morgan fingerprint density at radius 2 is 1.96 bits per heavy atom. The maximum absolute atomic E-state index is 4.36. The van der Waals surface area contributed by atoms with Crippen LogP contribution in [-0.4, -0.2) is 25.0 Å². The lowest BCUT2D eigenvalue weighted by molar-refractivity contribution is 0.692.